The summed E-state index contributed by atoms with van der Waals surface area (Å²) in [4.78, 5) is 12.4. The van der Waals surface area contributed by atoms with E-state index >= 15 is 0 Å². The summed E-state index contributed by atoms with van der Waals surface area (Å²) in [6, 6.07) is 4.61. The Hall–Kier alpha value is -0.740. The van der Waals surface area contributed by atoms with Crippen molar-refractivity contribution in [1.29, 1.82) is 0 Å². The van der Waals surface area contributed by atoms with Crippen LogP contribution in [0.3, 0.4) is 0 Å². The van der Waals surface area contributed by atoms with Crippen LogP contribution in [0.25, 0.3) is 0 Å². The molecular weight excluding hydrogens is 285 g/mol. The molecule has 0 heterocycles. The third kappa shape index (κ3) is 2.04. The van der Waals surface area contributed by atoms with Crippen LogP contribution in [0.1, 0.15) is 36.5 Å². The zero-order valence-corrected chi connectivity index (χ0v) is 11.3. The van der Waals surface area contributed by atoms with Gasteiger partial charge >= 0.3 is 0 Å². The molecule has 1 aromatic rings. The number of halogens is 2. The molecule has 2 N–H and O–H groups in total. The number of ketones is 1. The molecule has 17 heavy (non-hydrogen) atoms. The Kier molecular flexibility index (Phi) is 3.36. The van der Waals surface area contributed by atoms with Crippen molar-refractivity contribution in [1.82, 2.24) is 0 Å². The normalized spacial score (nSPS) is 28.4. The first-order chi connectivity index (χ1) is 7.97. The van der Waals surface area contributed by atoms with Gasteiger partial charge in [-0.15, -0.1) is 0 Å². The van der Waals surface area contributed by atoms with Crippen LogP contribution in [0.4, 0.5) is 4.39 Å². The maximum atomic E-state index is 13.9. The van der Waals surface area contributed by atoms with Crippen LogP contribution < -0.4 is 5.73 Å². The van der Waals surface area contributed by atoms with Gasteiger partial charge in [-0.25, -0.2) is 4.39 Å². The minimum absolute atomic E-state index is 0.138. The Bertz CT molecular complexity index is 463. The van der Waals surface area contributed by atoms with Crippen LogP contribution in [0.15, 0.2) is 22.7 Å². The van der Waals surface area contributed by atoms with Crippen LogP contribution >= 0.6 is 15.9 Å². The van der Waals surface area contributed by atoms with Crippen LogP contribution in [0.5, 0.6) is 0 Å². The molecule has 0 bridgehead atoms. The zero-order chi connectivity index (χ0) is 12.6. The van der Waals surface area contributed by atoms with Crippen molar-refractivity contribution in [3.63, 3.8) is 0 Å². The third-order valence-electron chi connectivity index (χ3n) is 3.74. The number of carbonyl (C=O) groups is 1. The van der Waals surface area contributed by atoms with E-state index in [2.05, 4.69) is 15.9 Å². The highest BCUT2D eigenvalue weighted by Gasteiger charge is 2.43. The standard InChI is InChI=1S/C13H15BrFNO/c1-13(7-3-6-10(13)16)12(17)8-4-2-5-9(14)11(8)15/h2,4-5,10H,3,6-7,16H2,1H3. The van der Waals surface area contributed by atoms with Crippen molar-refractivity contribution in [3.8, 4) is 0 Å². The van der Waals surface area contributed by atoms with Crippen molar-refractivity contribution < 1.29 is 9.18 Å². The number of nitrogens with two attached hydrogens (primary N) is 1. The summed E-state index contributed by atoms with van der Waals surface area (Å²) < 4.78 is 14.2. The number of rotatable bonds is 2. The van der Waals surface area contributed by atoms with Crippen LogP contribution in [-0.4, -0.2) is 11.8 Å². The largest absolute Gasteiger partial charge is 0.327 e. The van der Waals surface area contributed by atoms with E-state index in [0.717, 1.165) is 19.3 Å². The molecule has 0 radical (unpaired) electrons. The second-order valence-corrected chi connectivity index (χ2v) is 5.70. The highest BCUT2D eigenvalue weighted by atomic mass is 79.9. The van der Waals surface area contributed by atoms with Crippen molar-refractivity contribution in [2.45, 2.75) is 32.2 Å². The number of Topliss-reactive ketones (excluding diaryl/α,β-unsaturated/α-hetero) is 1. The number of carbonyl (C=O) groups excluding carboxylic acids is 1. The lowest BCUT2D eigenvalue weighted by atomic mass is 9.78. The molecule has 2 nitrogen and oxygen atoms in total. The van der Waals surface area contributed by atoms with E-state index in [1.54, 1.807) is 12.1 Å². The summed E-state index contributed by atoms with van der Waals surface area (Å²) >= 11 is 3.10. The molecule has 2 unspecified atom stereocenters. The van der Waals surface area contributed by atoms with Crippen molar-refractivity contribution in [2.75, 3.05) is 0 Å². The van der Waals surface area contributed by atoms with E-state index in [-0.39, 0.29) is 17.4 Å². The molecule has 1 saturated carbocycles. The SMILES string of the molecule is CC1(C(=O)c2cccc(Br)c2F)CCCC1N. The smallest absolute Gasteiger partial charge is 0.173 e. The Balaban J connectivity index is 2.41. The van der Waals surface area contributed by atoms with E-state index in [1.165, 1.54) is 6.07 Å². The van der Waals surface area contributed by atoms with Gasteiger partial charge in [-0.1, -0.05) is 19.4 Å². The molecule has 1 aromatic carbocycles. The van der Waals surface area contributed by atoms with Gasteiger partial charge < -0.3 is 5.73 Å². The van der Waals surface area contributed by atoms with Gasteiger partial charge in [-0.2, -0.15) is 0 Å². The average Bonchev–Trinajstić information content (AvgIpc) is 2.64. The topological polar surface area (TPSA) is 43.1 Å². The van der Waals surface area contributed by atoms with Gasteiger partial charge in [-0.3, -0.25) is 4.79 Å². The fourth-order valence-electron chi connectivity index (χ4n) is 2.46. The molecule has 0 amide bonds. The Morgan fingerprint density at radius 3 is 2.88 bits per heavy atom. The minimum atomic E-state index is -0.623. The second kappa shape index (κ2) is 4.50. The molecule has 2 rings (SSSR count). The molecule has 92 valence electrons. The summed E-state index contributed by atoms with van der Waals surface area (Å²) in [5.41, 5.74) is 5.50. The van der Waals surface area contributed by atoms with E-state index in [9.17, 15) is 9.18 Å². The summed E-state index contributed by atoms with van der Waals surface area (Å²) in [5.74, 6) is -0.667. The fourth-order valence-corrected chi connectivity index (χ4v) is 2.83. The zero-order valence-electron chi connectivity index (χ0n) is 9.67. The molecule has 1 aliphatic carbocycles. The molecule has 1 fully saturated rings. The molecule has 0 spiro atoms. The number of hydrogen-bond acceptors (Lipinski definition) is 2. The number of benzene rings is 1. The lowest BCUT2D eigenvalue weighted by Crippen LogP contribution is -2.41. The van der Waals surface area contributed by atoms with E-state index in [4.69, 9.17) is 5.73 Å². The fraction of sp³-hybridized carbons (Fsp3) is 0.462. The van der Waals surface area contributed by atoms with Gasteiger partial charge in [0.1, 0.15) is 5.82 Å². The van der Waals surface area contributed by atoms with Crippen LogP contribution in [0, 0.1) is 11.2 Å². The first kappa shape index (κ1) is 12.7. The predicted molar refractivity (Wildman–Crippen MR) is 68.4 cm³/mol. The third-order valence-corrected chi connectivity index (χ3v) is 4.36. The summed E-state index contributed by atoms with van der Waals surface area (Å²) in [6.07, 6.45) is 2.50. The maximum absolute atomic E-state index is 13.9. The van der Waals surface area contributed by atoms with Crippen molar-refractivity contribution in [2.24, 2.45) is 11.1 Å². The second-order valence-electron chi connectivity index (χ2n) is 4.85. The lowest BCUT2D eigenvalue weighted by Gasteiger charge is -2.27. The highest BCUT2D eigenvalue weighted by molar-refractivity contribution is 9.10. The molecule has 0 aliphatic heterocycles. The summed E-state index contributed by atoms with van der Waals surface area (Å²) in [6.45, 7) is 1.84. The molecule has 4 heteroatoms. The van der Waals surface area contributed by atoms with Gasteiger partial charge in [0.2, 0.25) is 0 Å². The Morgan fingerprint density at radius 1 is 1.59 bits per heavy atom. The maximum Gasteiger partial charge on any atom is 0.173 e. The van der Waals surface area contributed by atoms with Gasteiger partial charge in [-0.05, 0) is 40.9 Å². The lowest BCUT2D eigenvalue weighted by molar-refractivity contribution is 0.0798. The van der Waals surface area contributed by atoms with Crippen molar-refractivity contribution >= 4 is 21.7 Å². The van der Waals surface area contributed by atoms with Gasteiger partial charge in [0.15, 0.2) is 5.78 Å². The molecule has 2 atom stereocenters. The van der Waals surface area contributed by atoms with Crippen molar-refractivity contribution in [3.05, 3.63) is 34.1 Å². The minimum Gasteiger partial charge on any atom is -0.327 e. The van der Waals surface area contributed by atoms with E-state index in [0.29, 0.717) is 4.47 Å². The molecular formula is C13H15BrFNO. The summed E-state index contributed by atoms with van der Waals surface area (Å²) in [5, 5.41) is 0. The quantitative estimate of drug-likeness (QED) is 0.852. The average molecular weight is 300 g/mol. The van der Waals surface area contributed by atoms with E-state index < -0.39 is 11.2 Å². The molecule has 1 aliphatic rings. The highest BCUT2D eigenvalue weighted by Crippen LogP contribution is 2.40. The predicted octanol–water partition coefficient (Wildman–Crippen LogP) is 3.29. The first-order valence-electron chi connectivity index (χ1n) is 5.71. The van der Waals surface area contributed by atoms with Gasteiger partial charge in [0, 0.05) is 11.5 Å². The first-order valence-corrected chi connectivity index (χ1v) is 6.50. The number of hydrogen-bond donors (Lipinski definition) is 1. The molecule has 0 saturated heterocycles. The van der Waals surface area contributed by atoms with Crippen LogP contribution in [-0.2, 0) is 0 Å². The monoisotopic (exact) mass is 299 g/mol. The Morgan fingerprint density at radius 2 is 2.29 bits per heavy atom. The van der Waals surface area contributed by atoms with E-state index in [1.807, 2.05) is 6.92 Å². The Labute approximate surface area is 109 Å². The van der Waals surface area contributed by atoms with Gasteiger partial charge in [0.25, 0.3) is 0 Å². The molecule has 0 aromatic heterocycles. The van der Waals surface area contributed by atoms with Gasteiger partial charge in [0.05, 0.1) is 10.0 Å². The summed E-state index contributed by atoms with van der Waals surface area (Å²) in [7, 11) is 0. The van der Waals surface area contributed by atoms with Crippen LogP contribution in [0.2, 0.25) is 0 Å².